The van der Waals surface area contributed by atoms with E-state index in [-0.39, 0.29) is 55.0 Å². The maximum absolute atomic E-state index is 13.9. The number of rotatable bonds is 5. The van der Waals surface area contributed by atoms with Crippen LogP contribution in [-0.2, 0) is 14.8 Å². The minimum Gasteiger partial charge on any atom is -0.341 e. The van der Waals surface area contributed by atoms with Crippen molar-refractivity contribution in [2.24, 2.45) is 5.92 Å². The van der Waals surface area contributed by atoms with Crippen LogP contribution in [0, 0.1) is 12.8 Å². The molecule has 1 saturated carbocycles. The molecule has 2 atom stereocenters. The lowest BCUT2D eigenvalue weighted by molar-refractivity contribution is -0.138. The van der Waals surface area contributed by atoms with Crippen molar-refractivity contribution in [2.45, 2.75) is 94.5 Å². The molecule has 0 spiro atoms. The summed E-state index contributed by atoms with van der Waals surface area (Å²) in [6.45, 7) is 4.20. The molecule has 2 heterocycles. The fourth-order valence-electron chi connectivity index (χ4n) is 5.56. The molecule has 6 nitrogen and oxygen atoms in total. The molecule has 1 amide bonds. The lowest BCUT2D eigenvalue weighted by Crippen LogP contribution is -2.50. The second-order valence-electron chi connectivity index (χ2n) is 10.1. The van der Waals surface area contributed by atoms with Gasteiger partial charge in [0.1, 0.15) is 10.9 Å². The van der Waals surface area contributed by atoms with E-state index in [1.165, 1.54) is 9.21 Å². The van der Waals surface area contributed by atoms with Crippen LogP contribution in [0.1, 0.15) is 76.1 Å². The van der Waals surface area contributed by atoms with Crippen molar-refractivity contribution in [3.63, 3.8) is 0 Å². The van der Waals surface area contributed by atoms with Gasteiger partial charge >= 0.3 is 0 Å². The van der Waals surface area contributed by atoms with Crippen molar-refractivity contribution < 1.29 is 22.0 Å². The van der Waals surface area contributed by atoms with E-state index in [1.807, 2.05) is 6.92 Å². The van der Waals surface area contributed by atoms with Gasteiger partial charge in [0.05, 0.1) is 5.69 Å². The Morgan fingerprint density at radius 2 is 1.85 bits per heavy atom. The minimum atomic E-state index is -3.97. The number of nitrogens with zero attached hydrogens (tertiary/aromatic N) is 3. The molecule has 34 heavy (non-hydrogen) atoms. The van der Waals surface area contributed by atoms with Crippen LogP contribution in [0.2, 0.25) is 0 Å². The van der Waals surface area contributed by atoms with Crippen LogP contribution in [0.3, 0.4) is 0 Å². The van der Waals surface area contributed by atoms with Gasteiger partial charge in [0.15, 0.2) is 0 Å². The van der Waals surface area contributed by atoms with E-state index in [2.05, 4.69) is 18.0 Å². The Morgan fingerprint density at radius 1 is 1.15 bits per heavy atom. The van der Waals surface area contributed by atoms with Crippen molar-refractivity contribution in [3.05, 3.63) is 29.6 Å². The average molecular weight is 496 g/mol. The summed E-state index contributed by atoms with van der Waals surface area (Å²) in [6.07, 6.45) is 6.02. The highest BCUT2D eigenvalue weighted by Gasteiger charge is 2.44. The van der Waals surface area contributed by atoms with Crippen LogP contribution >= 0.6 is 0 Å². The highest BCUT2D eigenvalue weighted by Crippen LogP contribution is 2.38. The van der Waals surface area contributed by atoms with Gasteiger partial charge in [-0.15, -0.1) is 0 Å². The first kappa shape index (κ1) is 25.2. The van der Waals surface area contributed by atoms with Gasteiger partial charge in [0.2, 0.25) is 21.9 Å². The first-order valence-electron chi connectivity index (χ1n) is 12.4. The molecule has 1 aliphatic heterocycles. The standard InChI is InChI=1S/C25H35F2N3O3S/c1-17-7-4-5-8-20(17)23-22(11-10-18(2)28-23)34(32,33)30-16-6-9-21(30)24(31)29(3)19-12-14-25(26,27)15-13-19/h8,10-11,17,19,21H,4-7,9,12-16H2,1-3H3/t17?,21-/m0/s1. The van der Waals surface area contributed by atoms with E-state index in [0.29, 0.717) is 18.5 Å². The van der Waals surface area contributed by atoms with Gasteiger partial charge in [0.25, 0.3) is 0 Å². The quantitative estimate of drug-likeness (QED) is 0.589. The first-order chi connectivity index (χ1) is 16.0. The molecule has 9 heteroatoms. The zero-order valence-electron chi connectivity index (χ0n) is 20.3. The summed E-state index contributed by atoms with van der Waals surface area (Å²) < 4.78 is 56.3. The number of pyridine rings is 1. The average Bonchev–Trinajstić information content (AvgIpc) is 3.29. The molecule has 4 rings (SSSR count). The smallest absolute Gasteiger partial charge is 0.248 e. The Hall–Kier alpha value is -1.87. The first-order valence-corrected chi connectivity index (χ1v) is 13.8. The molecule has 2 fully saturated rings. The Labute approximate surface area is 201 Å². The summed E-state index contributed by atoms with van der Waals surface area (Å²) in [5, 5.41) is 0. The van der Waals surface area contributed by atoms with Crippen LogP contribution < -0.4 is 0 Å². The number of alkyl halides is 2. The molecule has 2 aliphatic carbocycles. The fourth-order valence-corrected chi connectivity index (χ4v) is 7.36. The molecule has 0 N–H and O–H groups in total. The molecule has 188 valence electrons. The van der Waals surface area contributed by atoms with Gasteiger partial charge < -0.3 is 4.90 Å². The predicted molar refractivity (Wildman–Crippen MR) is 127 cm³/mol. The molecular formula is C25H35F2N3O3S. The van der Waals surface area contributed by atoms with Gasteiger partial charge in [-0.1, -0.05) is 13.0 Å². The summed E-state index contributed by atoms with van der Waals surface area (Å²) in [5.41, 5.74) is 2.19. The molecule has 1 aromatic heterocycles. The van der Waals surface area contributed by atoms with E-state index >= 15 is 0 Å². The Bertz CT molecular complexity index is 1060. The third-order valence-electron chi connectivity index (χ3n) is 7.66. The molecule has 0 bridgehead atoms. The fraction of sp³-hybridized carbons (Fsp3) is 0.680. The van der Waals surface area contributed by atoms with Crippen LogP contribution in [0.4, 0.5) is 8.78 Å². The molecule has 1 saturated heterocycles. The lowest BCUT2D eigenvalue weighted by atomic mass is 9.87. The van der Waals surface area contributed by atoms with Crippen molar-refractivity contribution in [1.29, 1.82) is 0 Å². The van der Waals surface area contributed by atoms with E-state index in [1.54, 1.807) is 19.2 Å². The highest BCUT2D eigenvalue weighted by molar-refractivity contribution is 7.89. The van der Waals surface area contributed by atoms with E-state index in [4.69, 9.17) is 0 Å². The van der Waals surface area contributed by atoms with Gasteiger partial charge in [-0.05, 0) is 75.5 Å². The number of carbonyl (C=O) groups is 1. The maximum atomic E-state index is 13.9. The maximum Gasteiger partial charge on any atom is 0.248 e. The molecule has 1 unspecified atom stereocenters. The summed E-state index contributed by atoms with van der Waals surface area (Å²) in [6, 6.07) is 2.21. The van der Waals surface area contributed by atoms with Gasteiger partial charge in [-0.25, -0.2) is 17.2 Å². The molecule has 0 aromatic carbocycles. The topological polar surface area (TPSA) is 70.6 Å². The largest absolute Gasteiger partial charge is 0.341 e. The highest BCUT2D eigenvalue weighted by atomic mass is 32.2. The van der Waals surface area contributed by atoms with E-state index < -0.39 is 22.0 Å². The zero-order chi connectivity index (χ0) is 24.7. The number of amides is 1. The number of allylic oxidation sites excluding steroid dienone is 2. The number of aryl methyl sites for hydroxylation is 1. The third-order valence-corrected chi connectivity index (χ3v) is 9.60. The van der Waals surface area contributed by atoms with Crippen LogP contribution in [0.25, 0.3) is 5.57 Å². The summed E-state index contributed by atoms with van der Waals surface area (Å²) in [4.78, 5) is 19.7. The normalized spacial score (nSPS) is 26.3. The zero-order valence-corrected chi connectivity index (χ0v) is 21.1. The van der Waals surface area contributed by atoms with Crippen LogP contribution in [0.5, 0.6) is 0 Å². The third kappa shape index (κ3) is 4.91. The number of hydrogen-bond acceptors (Lipinski definition) is 4. The monoisotopic (exact) mass is 495 g/mol. The summed E-state index contributed by atoms with van der Waals surface area (Å²) in [5.74, 6) is -2.77. The minimum absolute atomic E-state index is 0.151. The second kappa shape index (κ2) is 9.64. The lowest BCUT2D eigenvalue weighted by Gasteiger charge is -2.37. The predicted octanol–water partition coefficient (Wildman–Crippen LogP) is 4.78. The van der Waals surface area contributed by atoms with E-state index in [9.17, 15) is 22.0 Å². The molecule has 3 aliphatic rings. The van der Waals surface area contributed by atoms with Crippen LogP contribution in [-0.4, -0.2) is 60.1 Å². The van der Waals surface area contributed by atoms with Crippen molar-refractivity contribution >= 4 is 21.5 Å². The van der Waals surface area contributed by atoms with Gasteiger partial charge in [0, 0.05) is 38.2 Å². The van der Waals surface area contributed by atoms with Gasteiger partial charge in [-0.3, -0.25) is 9.78 Å². The number of aromatic nitrogens is 1. The summed E-state index contributed by atoms with van der Waals surface area (Å²) in [7, 11) is -2.36. The Balaban J connectivity index is 1.61. The number of sulfonamides is 1. The number of likely N-dealkylation sites (N-methyl/N-ethyl adjacent to an activating group) is 1. The molecule has 1 aromatic rings. The molecule has 0 radical (unpaired) electrons. The van der Waals surface area contributed by atoms with E-state index in [0.717, 1.165) is 30.5 Å². The van der Waals surface area contributed by atoms with Crippen molar-refractivity contribution in [2.75, 3.05) is 13.6 Å². The van der Waals surface area contributed by atoms with Gasteiger partial charge in [-0.2, -0.15) is 4.31 Å². The summed E-state index contributed by atoms with van der Waals surface area (Å²) >= 11 is 0. The Kier molecular flexibility index (Phi) is 7.16. The van der Waals surface area contributed by atoms with Crippen molar-refractivity contribution in [3.8, 4) is 0 Å². The van der Waals surface area contributed by atoms with Crippen molar-refractivity contribution in [1.82, 2.24) is 14.2 Å². The molecular weight excluding hydrogens is 460 g/mol. The number of carbonyl (C=O) groups excluding carboxylic acids is 1. The second-order valence-corrected chi connectivity index (χ2v) is 12.0. The SMILES string of the molecule is Cc1ccc(S(=O)(=O)N2CCC[C@H]2C(=O)N(C)C2CCC(F)(F)CC2)c(C2=CCCCC2C)n1. The number of hydrogen-bond donors (Lipinski definition) is 0. The Morgan fingerprint density at radius 3 is 2.53 bits per heavy atom. The van der Waals surface area contributed by atoms with Crippen LogP contribution in [0.15, 0.2) is 23.1 Å². The number of halogens is 2.